The molecule has 1 fully saturated rings. The number of methoxy groups -OCH3 is 1. The first-order valence-corrected chi connectivity index (χ1v) is 10.5. The second-order valence-corrected chi connectivity index (χ2v) is 7.81. The number of aliphatic hydroxyl groups is 1. The smallest absolute Gasteiger partial charge is 0.282 e. The first kappa shape index (κ1) is 21.4. The number of carbonyl (C=O) groups is 2. The van der Waals surface area contributed by atoms with Gasteiger partial charge in [0.25, 0.3) is 11.8 Å². The van der Waals surface area contributed by atoms with E-state index in [4.69, 9.17) is 16.3 Å². The van der Waals surface area contributed by atoms with Gasteiger partial charge in [-0.25, -0.2) is 4.90 Å². The Kier molecular flexibility index (Phi) is 6.27. The molecular weight excluding hydrogens is 418 g/mol. The number of nitrogens with zero attached hydrogens (tertiary/aromatic N) is 3. The summed E-state index contributed by atoms with van der Waals surface area (Å²) >= 11 is 6.33. The Bertz CT molecular complexity index is 1010. The Morgan fingerprint density at radius 3 is 2.26 bits per heavy atom. The highest BCUT2D eigenvalue weighted by Gasteiger charge is 2.43. The van der Waals surface area contributed by atoms with E-state index >= 15 is 0 Å². The SMILES string of the molecule is COc1ccc(C2=C(N3CCN(CCO)CC3)C(=O)N(c3ccccc3Cl)C2=O)cc1. The molecular formula is C23H24ClN3O4. The highest BCUT2D eigenvalue weighted by molar-refractivity contribution is 6.47. The molecule has 0 bridgehead atoms. The topological polar surface area (TPSA) is 73.3 Å². The maximum atomic E-state index is 13.6. The molecule has 7 nitrogen and oxygen atoms in total. The number of hydrogen-bond acceptors (Lipinski definition) is 6. The summed E-state index contributed by atoms with van der Waals surface area (Å²) in [7, 11) is 1.58. The standard InChI is InChI=1S/C23H24ClN3O4/c1-31-17-8-6-16(7-9-17)20-21(26-12-10-25(11-13-26)14-15-28)23(30)27(22(20)29)19-5-3-2-4-18(19)24/h2-9,28H,10-15H2,1H3. The van der Waals surface area contributed by atoms with Gasteiger partial charge in [-0.3, -0.25) is 14.5 Å². The van der Waals surface area contributed by atoms with Crippen molar-refractivity contribution in [3.05, 3.63) is 64.8 Å². The van der Waals surface area contributed by atoms with Crippen molar-refractivity contribution in [1.82, 2.24) is 9.80 Å². The van der Waals surface area contributed by atoms with Gasteiger partial charge >= 0.3 is 0 Å². The van der Waals surface area contributed by atoms with Gasteiger partial charge in [-0.2, -0.15) is 0 Å². The van der Waals surface area contributed by atoms with Gasteiger partial charge in [0.2, 0.25) is 0 Å². The summed E-state index contributed by atoms with van der Waals surface area (Å²) in [6.07, 6.45) is 0. The molecule has 2 aromatic carbocycles. The van der Waals surface area contributed by atoms with Crippen molar-refractivity contribution in [3.8, 4) is 5.75 Å². The van der Waals surface area contributed by atoms with Crippen molar-refractivity contribution in [3.63, 3.8) is 0 Å². The molecule has 1 saturated heterocycles. The zero-order valence-electron chi connectivity index (χ0n) is 17.3. The fraction of sp³-hybridized carbons (Fsp3) is 0.304. The number of piperazine rings is 1. The van der Waals surface area contributed by atoms with E-state index in [9.17, 15) is 14.7 Å². The number of carbonyl (C=O) groups excluding carboxylic acids is 2. The van der Waals surface area contributed by atoms with Crippen molar-refractivity contribution in [2.24, 2.45) is 0 Å². The van der Waals surface area contributed by atoms with Crippen LogP contribution in [0.2, 0.25) is 5.02 Å². The monoisotopic (exact) mass is 441 g/mol. The number of β-amino-alcohol motifs (C(OH)–C–C–N with tert-alkyl or cyclic N) is 1. The number of ether oxygens (including phenoxy) is 1. The van der Waals surface area contributed by atoms with Gasteiger partial charge in [-0.1, -0.05) is 35.9 Å². The highest BCUT2D eigenvalue weighted by Crippen LogP contribution is 2.38. The van der Waals surface area contributed by atoms with Gasteiger partial charge in [0.1, 0.15) is 11.4 Å². The third-order valence-corrected chi connectivity index (χ3v) is 5.96. The molecule has 0 saturated carbocycles. The lowest BCUT2D eigenvalue weighted by molar-refractivity contribution is -0.120. The summed E-state index contributed by atoms with van der Waals surface area (Å²) in [5.41, 5.74) is 1.78. The zero-order valence-corrected chi connectivity index (χ0v) is 18.0. The Morgan fingerprint density at radius 1 is 0.968 bits per heavy atom. The molecule has 2 aliphatic rings. The van der Waals surface area contributed by atoms with Gasteiger partial charge in [-0.05, 0) is 29.8 Å². The summed E-state index contributed by atoms with van der Waals surface area (Å²) < 4.78 is 5.23. The predicted molar refractivity (Wildman–Crippen MR) is 119 cm³/mol. The average Bonchev–Trinajstić information content (AvgIpc) is 3.05. The van der Waals surface area contributed by atoms with E-state index in [0.717, 1.165) is 4.90 Å². The second-order valence-electron chi connectivity index (χ2n) is 7.40. The third-order valence-electron chi connectivity index (χ3n) is 5.64. The first-order valence-electron chi connectivity index (χ1n) is 10.2. The molecule has 0 aliphatic carbocycles. The molecule has 1 N–H and O–H groups in total. The minimum absolute atomic E-state index is 0.0947. The second kappa shape index (κ2) is 9.09. The Balaban J connectivity index is 1.75. The minimum atomic E-state index is -0.393. The molecule has 31 heavy (non-hydrogen) atoms. The molecule has 0 spiro atoms. The quantitative estimate of drug-likeness (QED) is 0.693. The fourth-order valence-corrected chi connectivity index (χ4v) is 4.24. The summed E-state index contributed by atoms with van der Waals surface area (Å²) in [6, 6.07) is 14.0. The Morgan fingerprint density at radius 2 is 1.65 bits per heavy atom. The lowest BCUT2D eigenvalue weighted by atomic mass is 10.0. The van der Waals surface area contributed by atoms with Crippen LogP contribution in [0.15, 0.2) is 54.2 Å². The van der Waals surface area contributed by atoms with Crippen LogP contribution in [-0.2, 0) is 9.59 Å². The first-order chi connectivity index (χ1) is 15.0. The average molecular weight is 442 g/mol. The van der Waals surface area contributed by atoms with Crippen LogP contribution in [0, 0.1) is 0 Å². The van der Waals surface area contributed by atoms with Gasteiger partial charge in [-0.15, -0.1) is 0 Å². The fourth-order valence-electron chi connectivity index (χ4n) is 4.02. The number of aliphatic hydroxyl groups excluding tert-OH is 1. The van der Waals surface area contributed by atoms with Crippen LogP contribution in [0.25, 0.3) is 5.57 Å². The molecule has 2 aliphatic heterocycles. The molecule has 8 heteroatoms. The molecule has 0 atom stereocenters. The van der Waals surface area contributed by atoms with E-state index in [1.165, 1.54) is 0 Å². The summed E-state index contributed by atoms with van der Waals surface area (Å²) in [6.45, 7) is 3.27. The van der Waals surface area contributed by atoms with Crippen molar-refractivity contribution >= 4 is 34.7 Å². The number of rotatable bonds is 6. The number of para-hydroxylation sites is 1. The Hall–Kier alpha value is -2.87. The van der Waals surface area contributed by atoms with Gasteiger partial charge in [0.05, 0.1) is 30.0 Å². The highest BCUT2D eigenvalue weighted by atomic mass is 35.5. The number of benzene rings is 2. The third kappa shape index (κ3) is 4.04. The molecule has 2 aromatic rings. The minimum Gasteiger partial charge on any atom is -0.497 e. The number of imide groups is 1. The molecule has 0 unspecified atom stereocenters. The lowest BCUT2D eigenvalue weighted by Gasteiger charge is -2.36. The summed E-state index contributed by atoms with van der Waals surface area (Å²) in [5, 5.41) is 9.54. The maximum Gasteiger partial charge on any atom is 0.282 e. The van der Waals surface area contributed by atoms with Gasteiger partial charge < -0.3 is 14.7 Å². The normalized spacial score (nSPS) is 17.6. The van der Waals surface area contributed by atoms with Crippen molar-refractivity contribution < 1.29 is 19.4 Å². The molecule has 2 amide bonds. The summed E-state index contributed by atoms with van der Waals surface area (Å²) in [5.74, 6) is -0.0983. The van der Waals surface area contributed by atoms with Crippen molar-refractivity contribution in [2.45, 2.75) is 0 Å². The Labute approximate surface area is 186 Å². The number of amides is 2. The van der Waals surface area contributed by atoms with Crippen LogP contribution in [0.3, 0.4) is 0 Å². The predicted octanol–water partition coefficient (Wildman–Crippen LogP) is 2.24. The summed E-state index contributed by atoms with van der Waals surface area (Å²) in [4.78, 5) is 32.3. The van der Waals surface area contributed by atoms with E-state index in [2.05, 4.69) is 4.90 Å². The molecule has 2 heterocycles. The zero-order chi connectivity index (χ0) is 22.0. The van der Waals surface area contributed by atoms with Crippen LogP contribution in [-0.4, -0.2) is 73.2 Å². The van der Waals surface area contributed by atoms with Gasteiger partial charge in [0.15, 0.2) is 0 Å². The van der Waals surface area contributed by atoms with Crippen LogP contribution < -0.4 is 9.64 Å². The number of hydrogen-bond donors (Lipinski definition) is 1. The van der Waals surface area contributed by atoms with Crippen molar-refractivity contribution in [1.29, 1.82) is 0 Å². The largest absolute Gasteiger partial charge is 0.497 e. The van der Waals surface area contributed by atoms with E-state index in [1.54, 1.807) is 55.6 Å². The number of anilines is 1. The van der Waals surface area contributed by atoms with Crippen LogP contribution in [0.5, 0.6) is 5.75 Å². The maximum absolute atomic E-state index is 13.6. The number of halogens is 1. The van der Waals surface area contributed by atoms with Crippen LogP contribution >= 0.6 is 11.6 Å². The molecule has 0 radical (unpaired) electrons. The molecule has 4 rings (SSSR count). The van der Waals surface area contributed by atoms with E-state index < -0.39 is 5.91 Å². The van der Waals surface area contributed by atoms with E-state index in [1.807, 2.05) is 4.90 Å². The van der Waals surface area contributed by atoms with Crippen molar-refractivity contribution in [2.75, 3.05) is 51.3 Å². The van der Waals surface area contributed by atoms with Crippen LogP contribution in [0.1, 0.15) is 5.56 Å². The lowest BCUT2D eigenvalue weighted by Crippen LogP contribution is -2.48. The van der Waals surface area contributed by atoms with Gasteiger partial charge in [0, 0.05) is 32.7 Å². The molecule has 162 valence electrons. The van der Waals surface area contributed by atoms with E-state index in [-0.39, 0.29) is 12.5 Å². The van der Waals surface area contributed by atoms with Crippen LogP contribution in [0.4, 0.5) is 5.69 Å². The molecule has 0 aromatic heterocycles. The van der Waals surface area contributed by atoms with E-state index in [0.29, 0.717) is 66.0 Å².